The summed E-state index contributed by atoms with van der Waals surface area (Å²) >= 11 is 0. The zero-order valence-electron chi connectivity index (χ0n) is 9.97. The molecule has 0 aromatic carbocycles. The van der Waals surface area contributed by atoms with Gasteiger partial charge >= 0.3 is 10.5 Å². The maximum Gasteiger partial charge on any atom is 0.317 e. The van der Waals surface area contributed by atoms with E-state index >= 15 is 0 Å². The van der Waals surface area contributed by atoms with E-state index in [1.54, 1.807) is 7.11 Å². The molecule has 96 valence electrons. The molecule has 8 heteroatoms. The summed E-state index contributed by atoms with van der Waals surface area (Å²) in [5, 5.41) is 9.14. The molecule has 0 aliphatic heterocycles. The number of nitrogens with zero attached hydrogens (tertiary/aromatic N) is 2. The first kappa shape index (κ1) is 17.4. The summed E-state index contributed by atoms with van der Waals surface area (Å²) in [7, 11) is -1.11. The van der Waals surface area contributed by atoms with E-state index in [2.05, 4.69) is 20.8 Å². The van der Waals surface area contributed by atoms with Crippen LogP contribution >= 0.6 is 0 Å². The fourth-order valence-electron chi connectivity index (χ4n) is 1.12. The van der Waals surface area contributed by atoms with Gasteiger partial charge in [0.15, 0.2) is 6.09 Å². The van der Waals surface area contributed by atoms with Crippen molar-refractivity contribution in [2.24, 2.45) is 4.36 Å². The second-order valence-corrected chi connectivity index (χ2v) is 3.38. The highest BCUT2D eigenvalue weighted by Crippen LogP contribution is 2.03. The Morgan fingerprint density at radius 1 is 1.25 bits per heavy atom. The van der Waals surface area contributed by atoms with E-state index in [-0.39, 0.29) is 0 Å². The van der Waals surface area contributed by atoms with E-state index in [9.17, 15) is 8.42 Å². The topological polar surface area (TPSA) is 95.9 Å². The minimum atomic E-state index is -2.88. The quantitative estimate of drug-likeness (QED) is 0.512. The number of carboxylic acid groups (broad SMARTS) is 1. The van der Waals surface area contributed by atoms with Crippen LogP contribution in [0.4, 0.5) is 4.79 Å². The molecule has 0 unspecified atom stereocenters. The predicted molar refractivity (Wildman–Crippen MR) is 55.6 cm³/mol. The molecule has 0 atom stereocenters. The molecule has 0 saturated carbocycles. The van der Waals surface area contributed by atoms with Crippen molar-refractivity contribution in [3.05, 3.63) is 0 Å². The fraction of sp³-hybridized carbons (Fsp3) is 0.875. The van der Waals surface area contributed by atoms with Gasteiger partial charge in [-0.1, -0.05) is 0 Å². The molecule has 0 radical (unpaired) electrons. The average molecular weight is 254 g/mol. The minimum absolute atomic E-state index is 0.778. The summed E-state index contributed by atoms with van der Waals surface area (Å²) in [5.74, 6) is 0. The van der Waals surface area contributed by atoms with Crippen molar-refractivity contribution in [2.75, 3.05) is 26.7 Å². The third-order valence-electron chi connectivity index (χ3n) is 2.27. The lowest BCUT2D eigenvalue weighted by Gasteiger charge is -2.30. The van der Waals surface area contributed by atoms with E-state index in [4.69, 9.17) is 14.7 Å². The summed E-state index contributed by atoms with van der Waals surface area (Å²) in [5.41, 5.74) is 0. The molecule has 0 heterocycles. The van der Waals surface area contributed by atoms with E-state index in [0.717, 1.165) is 24.3 Å². The Labute approximate surface area is 96.9 Å². The predicted octanol–water partition coefficient (Wildman–Crippen LogP) is -0.183. The van der Waals surface area contributed by atoms with Gasteiger partial charge in [0.25, 0.3) is 0 Å². The van der Waals surface area contributed by atoms with Crippen LogP contribution < -0.4 is 5.11 Å². The van der Waals surface area contributed by atoms with Gasteiger partial charge in [0, 0.05) is 0 Å². The molecule has 0 aromatic heterocycles. The second kappa shape index (κ2) is 9.25. The normalized spacial score (nSPS) is 10.0. The molecule has 0 aliphatic rings. The molecule has 0 N–H and O–H groups in total. The lowest BCUT2D eigenvalue weighted by Crippen LogP contribution is -2.46. The number of carbonyl (C=O) groups excluding carboxylic acids is 1. The zero-order chi connectivity index (χ0) is 13.2. The highest BCUT2D eigenvalue weighted by atomic mass is 32.2. The lowest BCUT2D eigenvalue weighted by molar-refractivity contribution is -1.10. The van der Waals surface area contributed by atoms with Gasteiger partial charge in [-0.2, -0.15) is 13.1 Å². The Morgan fingerprint density at radius 2 is 1.62 bits per heavy atom. The summed E-state index contributed by atoms with van der Waals surface area (Å²) in [6.45, 7) is 9.62. The van der Waals surface area contributed by atoms with Gasteiger partial charge in [-0.3, -0.25) is 0 Å². The molecule has 0 rings (SSSR count). The minimum Gasteiger partial charge on any atom is -0.527 e. The van der Waals surface area contributed by atoms with Crippen LogP contribution in [-0.4, -0.2) is 45.9 Å². The third-order valence-corrected chi connectivity index (χ3v) is 2.56. The van der Waals surface area contributed by atoms with Crippen molar-refractivity contribution in [3.63, 3.8) is 0 Å². The van der Waals surface area contributed by atoms with Crippen molar-refractivity contribution in [2.45, 2.75) is 20.8 Å². The molecule has 0 bridgehead atoms. The van der Waals surface area contributed by atoms with Gasteiger partial charge in [0.05, 0.1) is 7.11 Å². The van der Waals surface area contributed by atoms with Gasteiger partial charge in [-0.15, -0.1) is 4.36 Å². The first-order chi connectivity index (χ1) is 7.37. The van der Waals surface area contributed by atoms with Crippen LogP contribution in [0.3, 0.4) is 0 Å². The fourth-order valence-corrected chi connectivity index (χ4v) is 1.24. The maximum absolute atomic E-state index is 9.22. The largest absolute Gasteiger partial charge is 0.527 e. The van der Waals surface area contributed by atoms with E-state index in [1.807, 2.05) is 4.36 Å². The Morgan fingerprint density at radius 3 is 1.62 bits per heavy atom. The lowest BCUT2D eigenvalue weighted by atomic mass is 10.5. The van der Waals surface area contributed by atoms with Gasteiger partial charge in [-0.25, -0.2) is 4.84 Å². The maximum atomic E-state index is 9.22. The smallest absolute Gasteiger partial charge is 0.317 e. The Bertz CT molecular complexity index is 296. The summed E-state index contributed by atoms with van der Waals surface area (Å²) < 4.78 is 21.2. The van der Waals surface area contributed by atoms with Crippen molar-refractivity contribution in [1.82, 2.24) is 0 Å². The van der Waals surface area contributed by atoms with Gasteiger partial charge in [0.2, 0.25) is 0 Å². The van der Waals surface area contributed by atoms with Crippen LogP contribution in [0, 0.1) is 0 Å². The number of amides is 1. The van der Waals surface area contributed by atoms with Crippen LogP contribution in [0.15, 0.2) is 4.36 Å². The van der Waals surface area contributed by atoms with Gasteiger partial charge < -0.3 is 9.90 Å². The van der Waals surface area contributed by atoms with Gasteiger partial charge in [0.1, 0.15) is 19.6 Å². The first-order valence-electron chi connectivity index (χ1n) is 4.81. The number of hydrogen-bond acceptors (Lipinski definition) is 5. The van der Waals surface area contributed by atoms with Crippen LogP contribution in [-0.2, 0) is 15.3 Å². The van der Waals surface area contributed by atoms with Crippen molar-refractivity contribution in [3.8, 4) is 0 Å². The molecule has 0 saturated heterocycles. The third kappa shape index (κ3) is 8.33. The van der Waals surface area contributed by atoms with Crippen LogP contribution in [0.1, 0.15) is 20.8 Å². The molecule has 0 aromatic rings. The average Bonchev–Trinajstić information content (AvgIpc) is 2.21. The number of carbonyl (C=O) groups is 1. The number of hydroxylamine groups is 3. The molecule has 1 amide bonds. The Kier molecular flexibility index (Phi) is 10.1. The van der Waals surface area contributed by atoms with Crippen LogP contribution in [0.2, 0.25) is 0 Å². The molecule has 0 aliphatic carbocycles. The number of hydrogen-bond donors (Lipinski definition) is 0. The van der Waals surface area contributed by atoms with Crippen LogP contribution in [0.25, 0.3) is 0 Å². The Balaban J connectivity index is 0. The number of quaternary nitrogens is 1. The number of rotatable bonds is 4. The molecule has 0 spiro atoms. The monoisotopic (exact) mass is 254 g/mol. The van der Waals surface area contributed by atoms with Crippen molar-refractivity contribution >= 4 is 16.6 Å². The molecule has 0 fully saturated rings. The van der Waals surface area contributed by atoms with E-state index in [0.29, 0.717) is 0 Å². The van der Waals surface area contributed by atoms with Gasteiger partial charge in [-0.05, 0) is 20.8 Å². The highest BCUT2D eigenvalue weighted by molar-refractivity contribution is 7.62. The standard InChI is InChI=1S/C7H18NO.CHNO4S/c1-5-8(6-2,7-3)9-4;3-1(4)2-7(5)6/h5-7H2,1-4H3;(H,3,4)/q+1;/p-1. The van der Waals surface area contributed by atoms with Crippen molar-refractivity contribution < 1.29 is 27.8 Å². The highest BCUT2D eigenvalue weighted by Gasteiger charge is 2.19. The molecule has 16 heavy (non-hydrogen) atoms. The summed E-state index contributed by atoms with van der Waals surface area (Å²) in [6, 6.07) is 0. The molecular weight excluding hydrogens is 236 g/mol. The van der Waals surface area contributed by atoms with E-state index in [1.165, 1.54) is 0 Å². The SMILES string of the molecule is CC[N+](CC)(CC)OC.O=C([O-])N=S(=O)=O. The van der Waals surface area contributed by atoms with Crippen molar-refractivity contribution in [1.29, 1.82) is 0 Å². The molecular formula is C8H18N2O5S. The summed E-state index contributed by atoms with van der Waals surface area (Å²) in [4.78, 5) is 14.5. The zero-order valence-corrected chi connectivity index (χ0v) is 10.8. The van der Waals surface area contributed by atoms with E-state index < -0.39 is 16.6 Å². The second-order valence-electron chi connectivity index (χ2n) is 2.76. The Hall–Kier alpha value is -0.990. The first-order valence-corrected chi connectivity index (χ1v) is 5.84. The molecule has 7 nitrogen and oxygen atoms in total. The summed E-state index contributed by atoms with van der Waals surface area (Å²) in [6.07, 6.45) is -1.95. The van der Waals surface area contributed by atoms with Crippen LogP contribution in [0.5, 0.6) is 0 Å².